The Morgan fingerprint density at radius 2 is 1.82 bits per heavy atom. The number of amides is 1. The van der Waals surface area contributed by atoms with E-state index in [2.05, 4.69) is 40.4 Å². The summed E-state index contributed by atoms with van der Waals surface area (Å²) in [6.45, 7) is 5.23. The molecule has 0 unspecified atom stereocenters. The van der Waals surface area contributed by atoms with E-state index in [4.69, 9.17) is 4.74 Å². The highest BCUT2D eigenvalue weighted by atomic mass is 16.5. The summed E-state index contributed by atoms with van der Waals surface area (Å²) >= 11 is 0. The molecule has 6 nitrogen and oxygen atoms in total. The van der Waals surface area contributed by atoms with E-state index in [1.807, 2.05) is 43.4 Å². The molecule has 28 heavy (non-hydrogen) atoms. The Kier molecular flexibility index (Phi) is 5.12. The molecule has 1 amide bonds. The molecule has 0 spiro atoms. The minimum atomic E-state index is -0.215. The largest absolute Gasteiger partial charge is 0.378 e. The highest BCUT2D eigenvalue weighted by molar-refractivity contribution is 6.03. The van der Waals surface area contributed by atoms with Crippen LogP contribution in [0.2, 0.25) is 0 Å². The Labute approximate surface area is 164 Å². The number of rotatable bonds is 4. The lowest BCUT2D eigenvalue weighted by atomic mass is 10.1. The van der Waals surface area contributed by atoms with Crippen LogP contribution < -0.4 is 10.2 Å². The van der Waals surface area contributed by atoms with Gasteiger partial charge in [0.05, 0.1) is 18.9 Å². The molecule has 1 fully saturated rings. The van der Waals surface area contributed by atoms with Gasteiger partial charge >= 0.3 is 0 Å². The van der Waals surface area contributed by atoms with Crippen LogP contribution in [0.4, 0.5) is 11.4 Å². The normalized spacial score (nSPS) is 14.1. The van der Waals surface area contributed by atoms with Crippen LogP contribution in [0.5, 0.6) is 0 Å². The molecular formula is C22H24N4O2. The van der Waals surface area contributed by atoms with Crippen molar-refractivity contribution in [3.8, 4) is 11.3 Å². The van der Waals surface area contributed by atoms with E-state index in [1.54, 1.807) is 4.68 Å². The molecule has 4 rings (SSSR count). The first-order chi connectivity index (χ1) is 13.6. The number of morpholine rings is 1. The third-order valence-corrected chi connectivity index (χ3v) is 4.94. The minimum absolute atomic E-state index is 0.215. The van der Waals surface area contributed by atoms with Gasteiger partial charge in [0, 0.05) is 31.5 Å². The molecule has 2 heterocycles. The van der Waals surface area contributed by atoms with E-state index >= 15 is 0 Å². The molecule has 6 heteroatoms. The minimum Gasteiger partial charge on any atom is -0.378 e. The summed E-state index contributed by atoms with van der Waals surface area (Å²) in [5.74, 6) is -0.215. The second kappa shape index (κ2) is 7.86. The molecule has 2 aromatic carbocycles. The maximum Gasteiger partial charge on any atom is 0.276 e. The molecule has 0 bridgehead atoms. The maximum absolute atomic E-state index is 12.7. The Morgan fingerprint density at radius 3 is 2.57 bits per heavy atom. The fourth-order valence-corrected chi connectivity index (χ4v) is 3.37. The third-order valence-electron chi connectivity index (χ3n) is 4.94. The SMILES string of the molecule is Cc1ccc(-c2cc(C(=O)Nc3cccc(N4CCOCC4)c3)nn2C)cc1. The number of anilines is 2. The van der Waals surface area contributed by atoms with Crippen molar-refractivity contribution in [2.45, 2.75) is 6.92 Å². The highest BCUT2D eigenvalue weighted by Crippen LogP contribution is 2.23. The number of hydrogen-bond acceptors (Lipinski definition) is 4. The lowest BCUT2D eigenvalue weighted by Crippen LogP contribution is -2.36. The molecule has 0 atom stereocenters. The van der Waals surface area contributed by atoms with Crippen LogP contribution in [0.25, 0.3) is 11.3 Å². The maximum atomic E-state index is 12.7. The number of carbonyl (C=O) groups is 1. The monoisotopic (exact) mass is 376 g/mol. The van der Waals surface area contributed by atoms with E-state index in [1.165, 1.54) is 5.56 Å². The van der Waals surface area contributed by atoms with Gasteiger partial charge in [-0.2, -0.15) is 5.10 Å². The Hall–Kier alpha value is -3.12. The summed E-state index contributed by atoms with van der Waals surface area (Å²) in [4.78, 5) is 15.0. The van der Waals surface area contributed by atoms with Gasteiger partial charge in [0.15, 0.2) is 5.69 Å². The molecule has 1 aromatic heterocycles. The quantitative estimate of drug-likeness (QED) is 0.757. The average Bonchev–Trinajstić information content (AvgIpc) is 3.11. The summed E-state index contributed by atoms with van der Waals surface area (Å²) in [5.41, 5.74) is 5.39. The van der Waals surface area contributed by atoms with Crippen molar-refractivity contribution >= 4 is 17.3 Å². The van der Waals surface area contributed by atoms with E-state index in [0.29, 0.717) is 5.69 Å². The van der Waals surface area contributed by atoms with Gasteiger partial charge in [0.25, 0.3) is 5.91 Å². The number of benzene rings is 2. The van der Waals surface area contributed by atoms with Gasteiger partial charge in [-0.25, -0.2) is 0 Å². The lowest BCUT2D eigenvalue weighted by molar-refractivity contribution is 0.102. The van der Waals surface area contributed by atoms with E-state index in [-0.39, 0.29) is 5.91 Å². The van der Waals surface area contributed by atoms with E-state index in [0.717, 1.165) is 48.9 Å². The van der Waals surface area contributed by atoms with Crippen LogP contribution in [0.15, 0.2) is 54.6 Å². The van der Waals surface area contributed by atoms with Crippen molar-refractivity contribution < 1.29 is 9.53 Å². The molecule has 1 saturated heterocycles. The molecule has 1 aliphatic heterocycles. The van der Waals surface area contributed by atoms with Crippen molar-refractivity contribution in [1.82, 2.24) is 9.78 Å². The molecule has 1 N–H and O–H groups in total. The molecular weight excluding hydrogens is 352 g/mol. The number of nitrogens with zero attached hydrogens (tertiary/aromatic N) is 3. The van der Waals surface area contributed by atoms with Gasteiger partial charge in [0.1, 0.15) is 0 Å². The van der Waals surface area contributed by atoms with Gasteiger partial charge < -0.3 is 15.0 Å². The summed E-state index contributed by atoms with van der Waals surface area (Å²) in [6.07, 6.45) is 0. The van der Waals surface area contributed by atoms with Crippen LogP contribution in [-0.2, 0) is 11.8 Å². The second-order valence-electron chi connectivity index (χ2n) is 7.01. The smallest absolute Gasteiger partial charge is 0.276 e. The fourth-order valence-electron chi connectivity index (χ4n) is 3.37. The van der Waals surface area contributed by atoms with Crippen molar-refractivity contribution in [1.29, 1.82) is 0 Å². The first-order valence-corrected chi connectivity index (χ1v) is 9.45. The molecule has 144 valence electrons. The number of nitrogens with one attached hydrogen (secondary N) is 1. The number of aromatic nitrogens is 2. The van der Waals surface area contributed by atoms with Gasteiger partial charge in [0.2, 0.25) is 0 Å². The molecule has 1 aliphatic rings. The number of ether oxygens (including phenoxy) is 1. The van der Waals surface area contributed by atoms with E-state index in [9.17, 15) is 4.79 Å². The number of hydrogen-bond donors (Lipinski definition) is 1. The molecule has 0 saturated carbocycles. The Balaban J connectivity index is 1.51. The van der Waals surface area contributed by atoms with E-state index < -0.39 is 0 Å². The lowest BCUT2D eigenvalue weighted by Gasteiger charge is -2.29. The van der Waals surface area contributed by atoms with Crippen molar-refractivity contribution in [2.75, 3.05) is 36.5 Å². The predicted octanol–water partition coefficient (Wildman–Crippen LogP) is 3.48. The average molecular weight is 376 g/mol. The van der Waals surface area contributed by atoms with Crippen LogP contribution in [-0.4, -0.2) is 42.0 Å². The van der Waals surface area contributed by atoms with Gasteiger partial charge in [-0.3, -0.25) is 9.48 Å². The molecule has 0 aliphatic carbocycles. The summed E-state index contributed by atoms with van der Waals surface area (Å²) in [7, 11) is 1.85. The van der Waals surface area contributed by atoms with Crippen LogP contribution in [0, 0.1) is 6.92 Å². The number of carbonyl (C=O) groups excluding carboxylic acids is 1. The molecule has 3 aromatic rings. The van der Waals surface area contributed by atoms with Crippen LogP contribution in [0.3, 0.4) is 0 Å². The van der Waals surface area contributed by atoms with Crippen LogP contribution in [0.1, 0.15) is 16.1 Å². The Morgan fingerprint density at radius 1 is 1.07 bits per heavy atom. The summed E-state index contributed by atoms with van der Waals surface area (Å²) in [6, 6.07) is 17.9. The first kappa shape index (κ1) is 18.3. The standard InChI is InChI=1S/C22H24N4O2/c1-16-6-8-17(9-7-16)21-15-20(24-25(21)2)22(27)23-18-4-3-5-19(14-18)26-10-12-28-13-11-26/h3-9,14-15H,10-13H2,1-2H3,(H,23,27). The second-order valence-corrected chi connectivity index (χ2v) is 7.01. The zero-order valence-corrected chi connectivity index (χ0v) is 16.2. The fraction of sp³-hybridized carbons (Fsp3) is 0.273. The zero-order valence-electron chi connectivity index (χ0n) is 16.2. The van der Waals surface area contributed by atoms with Crippen molar-refractivity contribution in [3.63, 3.8) is 0 Å². The number of aryl methyl sites for hydroxylation is 2. The summed E-state index contributed by atoms with van der Waals surface area (Å²) in [5, 5.41) is 7.36. The van der Waals surface area contributed by atoms with Gasteiger partial charge in [-0.05, 0) is 36.8 Å². The zero-order chi connectivity index (χ0) is 19.5. The Bertz CT molecular complexity index is 972. The van der Waals surface area contributed by atoms with Crippen LogP contribution >= 0.6 is 0 Å². The highest BCUT2D eigenvalue weighted by Gasteiger charge is 2.16. The van der Waals surface area contributed by atoms with Gasteiger partial charge in [-0.15, -0.1) is 0 Å². The topological polar surface area (TPSA) is 59.4 Å². The van der Waals surface area contributed by atoms with Crippen molar-refractivity contribution in [3.05, 3.63) is 65.9 Å². The van der Waals surface area contributed by atoms with Gasteiger partial charge in [-0.1, -0.05) is 35.9 Å². The first-order valence-electron chi connectivity index (χ1n) is 9.45. The summed E-state index contributed by atoms with van der Waals surface area (Å²) < 4.78 is 7.15. The molecule has 0 radical (unpaired) electrons. The van der Waals surface area contributed by atoms with Crippen molar-refractivity contribution in [2.24, 2.45) is 7.05 Å². The predicted molar refractivity (Wildman–Crippen MR) is 111 cm³/mol. The third kappa shape index (κ3) is 3.92.